The zero-order valence-corrected chi connectivity index (χ0v) is 22.2. The number of pyridine rings is 3. The van der Waals surface area contributed by atoms with Crippen molar-refractivity contribution < 1.29 is 4.74 Å². The van der Waals surface area contributed by atoms with Gasteiger partial charge in [0, 0.05) is 41.1 Å². The molecule has 0 aliphatic rings. The second kappa shape index (κ2) is 10.4. The Kier molecular flexibility index (Phi) is 6.84. The first-order chi connectivity index (χ1) is 18.8. The average Bonchev–Trinajstić information content (AvgIpc) is 3.29. The van der Waals surface area contributed by atoms with Crippen molar-refractivity contribution in [2.45, 2.75) is 27.0 Å². The molecule has 0 unspecified atom stereocenters. The number of aryl methyl sites for hydroxylation is 3. The van der Waals surface area contributed by atoms with Crippen LogP contribution in [0, 0.1) is 36.5 Å². The van der Waals surface area contributed by atoms with Crippen LogP contribution in [-0.2, 0) is 20.2 Å². The van der Waals surface area contributed by atoms with E-state index in [2.05, 4.69) is 16.0 Å². The third-order valence-electron chi connectivity index (χ3n) is 6.34. The van der Waals surface area contributed by atoms with Crippen LogP contribution in [0.2, 0.25) is 5.02 Å². The molecule has 0 saturated carbocycles. The zero-order chi connectivity index (χ0) is 27.7. The molecule has 0 saturated heterocycles. The van der Waals surface area contributed by atoms with Crippen molar-refractivity contribution in [1.29, 1.82) is 10.5 Å². The Morgan fingerprint density at radius 3 is 2.62 bits per heavy atom. The number of fused-ring (bicyclic) bond motifs is 1. The Bertz CT molecular complexity index is 1890. The minimum absolute atomic E-state index is 0.0505. The van der Waals surface area contributed by atoms with Gasteiger partial charge in [-0.05, 0) is 44.2 Å². The quantitative estimate of drug-likeness (QED) is 0.305. The molecule has 0 aliphatic carbocycles. The average molecular weight is 536 g/mol. The number of hydrogen-bond acceptors (Lipinski definition) is 7. The van der Waals surface area contributed by atoms with Crippen molar-refractivity contribution in [2.24, 2.45) is 7.05 Å². The van der Waals surface area contributed by atoms with Crippen LogP contribution in [0.1, 0.15) is 33.9 Å². The number of nitriles is 2. The van der Waals surface area contributed by atoms with Gasteiger partial charge >= 0.3 is 0 Å². The highest BCUT2D eigenvalue weighted by molar-refractivity contribution is 6.31. The summed E-state index contributed by atoms with van der Waals surface area (Å²) in [5.41, 5.74) is 4.71. The molecule has 5 rings (SSSR count). The van der Waals surface area contributed by atoms with Gasteiger partial charge in [-0.1, -0.05) is 23.7 Å². The summed E-state index contributed by atoms with van der Waals surface area (Å²) in [7, 11) is 1.78. The van der Waals surface area contributed by atoms with E-state index >= 15 is 0 Å². The fourth-order valence-corrected chi connectivity index (χ4v) is 4.81. The summed E-state index contributed by atoms with van der Waals surface area (Å²) in [5, 5.41) is 20.2. The van der Waals surface area contributed by atoms with Crippen LogP contribution in [0.25, 0.3) is 22.2 Å². The van der Waals surface area contributed by atoms with Gasteiger partial charge in [-0.2, -0.15) is 10.5 Å². The summed E-state index contributed by atoms with van der Waals surface area (Å²) >= 11 is 6.63. The standard InChI is InChI=1S/C29H22ClN7O2/c1-17-10-21(27-25(13-32)36(3)16-33-27)20-7-4-8-26(28(20)35-17)39-15-22-23(30)11-18(2)34-24(22)14-37-9-5-6-19(12-31)29(37)38/h4-11,16H,14-15H2,1-3H3. The van der Waals surface area contributed by atoms with Crippen LogP contribution < -0.4 is 10.3 Å². The maximum absolute atomic E-state index is 12.7. The number of para-hydroxylation sites is 1. The molecule has 0 bridgehead atoms. The van der Waals surface area contributed by atoms with Gasteiger partial charge in [0.15, 0.2) is 0 Å². The molecule has 4 heterocycles. The molecule has 0 aliphatic heterocycles. The molecule has 0 spiro atoms. The lowest BCUT2D eigenvalue weighted by Crippen LogP contribution is -2.23. The summed E-state index contributed by atoms with van der Waals surface area (Å²) in [6, 6.07) is 16.5. The van der Waals surface area contributed by atoms with Gasteiger partial charge in [-0.25, -0.2) is 9.97 Å². The third kappa shape index (κ3) is 4.84. The Morgan fingerprint density at radius 2 is 1.85 bits per heavy atom. The molecular weight excluding hydrogens is 514 g/mol. The van der Waals surface area contributed by atoms with Crippen molar-refractivity contribution in [1.82, 2.24) is 24.1 Å². The van der Waals surface area contributed by atoms with Crippen LogP contribution in [0.3, 0.4) is 0 Å². The predicted molar refractivity (Wildman–Crippen MR) is 146 cm³/mol. The van der Waals surface area contributed by atoms with Crippen LogP contribution in [0.4, 0.5) is 0 Å². The van der Waals surface area contributed by atoms with Crippen molar-refractivity contribution in [3.8, 4) is 29.1 Å². The van der Waals surface area contributed by atoms with E-state index in [0.717, 1.165) is 16.6 Å². The molecule has 192 valence electrons. The second-order valence-electron chi connectivity index (χ2n) is 9.05. The van der Waals surface area contributed by atoms with Gasteiger partial charge in [-0.15, -0.1) is 0 Å². The van der Waals surface area contributed by atoms with Crippen molar-refractivity contribution >= 4 is 22.5 Å². The molecule has 0 amide bonds. The summed E-state index contributed by atoms with van der Waals surface area (Å²) in [6.45, 7) is 3.90. The topological polar surface area (TPSA) is 122 Å². The number of ether oxygens (including phenoxy) is 1. The molecule has 9 nitrogen and oxygen atoms in total. The summed E-state index contributed by atoms with van der Waals surface area (Å²) in [6.07, 6.45) is 3.22. The second-order valence-corrected chi connectivity index (χ2v) is 9.46. The van der Waals surface area contributed by atoms with Gasteiger partial charge in [0.05, 0.1) is 23.6 Å². The number of imidazole rings is 1. The van der Waals surface area contributed by atoms with E-state index in [9.17, 15) is 15.3 Å². The monoisotopic (exact) mass is 535 g/mol. The Hall–Kier alpha value is -4.99. The number of rotatable bonds is 6. The number of benzene rings is 1. The van der Waals surface area contributed by atoms with Gasteiger partial charge < -0.3 is 13.9 Å². The molecule has 1 aromatic carbocycles. The van der Waals surface area contributed by atoms with Crippen LogP contribution in [-0.4, -0.2) is 24.1 Å². The predicted octanol–water partition coefficient (Wildman–Crippen LogP) is 4.83. The normalized spacial score (nSPS) is 10.8. The fourth-order valence-electron chi connectivity index (χ4n) is 4.48. The Labute approximate surface area is 229 Å². The SMILES string of the molecule is Cc1cc(Cl)c(COc2cccc3c(-c4ncn(C)c4C#N)cc(C)nc23)c(Cn2cccc(C#N)c2=O)n1. The number of hydrogen-bond donors (Lipinski definition) is 0. The first-order valence-electron chi connectivity index (χ1n) is 12.0. The van der Waals surface area contributed by atoms with Crippen molar-refractivity contribution in [3.05, 3.63) is 104 Å². The van der Waals surface area contributed by atoms with E-state index in [0.29, 0.717) is 44.6 Å². The smallest absolute Gasteiger partial charge is 0.268 e. The molecule has 0 fully saturated rings. The maximum atomic E-state index is 12.7. The van der Waals surface area contributed by atoms with E-state index in [-0.39, 0.29) is 18.7 Å². The first-order valence-corrected chi connectivity index (χ1v) is 12.4. The molecule has 5 aromatic rings. The molecular formula is C29H22ClN7O2. The minimum atomic E-state index is -0.404. The minimum Gasteiger partial charge on any atom is -0.486 e. The molecule has 0 N–H and O–H groups in total. The van der Waals surface area contributed by atoms with Crippen LogP contribution >= 0.6 is 11.6 Å². The largest absolute Gasteiger partial charge is 0.486 e. The van der Waals surface area contributed by atoms with E-state index in [1.165, 1.54) is 10.6 Å². The molecule has 10 heteroatoms. The molecule has 4 aromatic heterocycles. The van der Waals surface area contributed by atoms with Gasteiger partial charge in [0.2, 0.25) is 0 Å². The summed E-state index contributed by atoms with van der Waals surface area (Å²) in [4.78, 5) is 26.5. The highest BCUT2D eigenvalue weighted by Crippen LogP contribution is 2.34. The van der Waals surface area contributed by atoms with E-state index in [4.69, 9.17) is 21.3 Å². The van der Waals surface area contributed by atoms with Gasteiger partial charge in [-0.3, -0.25) is 9.78 Å². The van der Waals surface area contributed by atoms with Crippen LogP contribution in [0.5, 0.6) is 5.75 Å². The molecule has 0 atom stereocenters. The van der Waals surface area contributed by atoms with E-state index in [1.807, 2.05) is 44.2 Å². The highest BCUT2D eigenvalue weighted by Gasteiger charge is 2.18. The number of halogens is 1. The van der Waals surface area contributed by atoms with Gasteiger partial charge in [0.25, 0.3) is 5.56 Å². The Balaban J connectivity index is 1.54. The van der Waals surface area contributed by atoms with E-state index < -0.39 is 5.56 Å². The highest BCUT2D eigenvalue weighted by atomic mass is 35.5. The number of nitrogens with zero attached hydrogens (tertiary/aromatic N) is 7. The van der Waals surface area contributed by atoms with Crippen molar-refractivity contribution in [2.75, 3.05) is 0 Å². The van der Waals surface area contributed by atoms with Gasteiger partial charge in [0.1, 0.15) is 47.0 Å². The summed E-state index contributed by atoms with van der Waals surface area (Å²) in [5.74, 6) is 0.526. The zero-order valence-electron chi connectivity index (χ0n) is 21.4. The summed E-state index contributed by atoms with van der Waals surface area (Å²) < 4.78 is 9.38. The van der Waals surface area contributed by atoms with Crippen molar-refractivity contribution in [3.63, 3.8) is 0 Å². The lowest BCUT2D eigenvalue weighted by Gasteiger charge is -2.16. The lowest BCUT2D eigenvalue weighted by atomic mass is 10.0. The third-order valence-corrected chi connectivity index (χ3v) is 6.68. The molecule has 39 heavy (non-hydrogen) atoms. The van der Waals surface area contributed by atoms with E-state index in [1.54, 1.807) is 36.3 Å². The fraction of sp³-hybridized carbons (Fsp3) is 0.172. The number of aromatic nitrogens is 5. The first kappa shape index (κ1) is 25.7. The lowest BCUT2D eigenvalue weighted by molar-refractivity contribution is 0.307. The molecule has 0 radical (unpaired) electrons. The Morgan fingerprint density at radius 1 is 1.05 bits per heavy atom. The van der Waals surface area contributed by atoms with Crippen LogP contribution in [0.15, 0.2) is 59.8 Å². The maximum Gasteiger partial charge on any atom is 0.268 e.